The van der Waals surface area contributed by atoms with Crippen LogP contribution >= 0.6 is 11.8 Å². The fraction of sp³-hybridized carbons (Fsp3) is 0.235. The van der Waals surface area contributed by atoms with Crippen LogP contribution in [-0.4, -0.2) is 32.5 Å². The van der Waals surface area contributed by atoms with Crippen molar-refractivity contribution in [2.75, 3.05) is 17.3 Å². The van der Waals surface area contributed by atoms with Crippen LogP contribution < -0.4 is 16.4 Å². The van der Waals surface area contributed by atoms with Gasteiger partial charge in [-0.25, -0.2) is 0 Å². The molecule has 1 aromatic carbocycles. The molecule has 0 unspecified atom stereocenters. The third-order valence-electron chi connectivity index (χ3n) is 3.88. The van der Waals surface area contributed by atoms with Crippen LogP contribution in [-0.2, 0) is 4.79 Å². The number of aromatic nitrogens is 3. The maximum Gasteiger partial charge on any atom is 0.314 e. The molecule has 7 nitrogen and oxygen atoms in total. The van der Waals surface area contributed by atoms with Gasteiger partial charge in [-0.3, -0.25) is 14.4 Å². The number of carbonyl (C=O) groups is 1. The Balaban J connectivity index is 1.85. The summed E-state index contributed by atoms with van der Waals surface area (Å²) in [6.45, 7) is 0. The Bertz CT molecular complexity index is 991. The zero-order chi connectivity index (χ0) is 17.8. The monoisotopic (exact) mass is 358 g/mol. The number of benzene rings is 1. The van der Waals surface area contributed by atoms with E-state index >= 15 is 0 Å². The Kier molecular flexibility index (Phi) is 5.08. The average molecular weight is 358 g/mol. The maximum absolute atomic E-state index is 12.7. The summed E-state index contributed by atoms with van der Waals surface area (Å²) < 4.78 is 1.88. The molecule has 1 amide bonds. The highest BCUT2D eigenvalue weighted by molar-refractivity contribution is 7.98. The summed E-state index contributed by atoms with van der Waals surface area (Å²) in [5.41, 5.74) is 0.104. The molecule has 25 heavy (non-hydrogen) atoms. The highest BCUT2D eigenvalue weighted by Gasteiger charge is 2.19. The largest absolute Gasteiger partial charge is 0.342 e. The average Bonchev–Trinajstić information content (AvgIpc) is 3.11. The molecule has 3 rings (SSSR count). The van der Waals surface area contributed by atoms with Gasteiger partial charge in [0.15, 0.2) is 0 Å². The number of aromatic amines is 2. The first-order valence-corrected chi connectivity index (χ1v) is 9.16. The van der Waals surface area contributed by atoms with Crippen molar-refractivity contribution in [3.63, 3.8) is 0 Å². The Morgan fingerprint density at radius 2 is 1.84 bits per heavy atom. The van der Waals surface area contributed by atoms with Crippen molar-refractivity contribution in [2.24, 2.45) is 0 Å². The van der Waals surface area contributed by atoms with Crippen LogP contribution in [0.4, 0.5) is 5.69 Å². The number of anilines is 1. The molecular formula is C17H18N4O3S. The number of amides is 1. The first-order valence-electron chi connectivity index (χ1n) is 7.77. The second-order valence-electron chi connectivity index (χ2n) is 5.59. The van der Waals surface area contributed by atoms with Gasteiger partial charge in [0.05, 0.1) is 11.0 Å². The van der Waals surface area contributed by atoms with E-state index in [4.69, 9.17) is 0 Å². The van der Waals surface area contributed by atoms with E-state index < -0.39 is 11.1 Å². The van der Waals surface area contributed by atoms with Crippen LogP contribution in [0.25, 0.3) is 11.0 Å². The summed E-state index contributed by atoms with van der Waals surface area (Å²) in [5, 5.41) is 2.88. The van der Waals surface area contributed by atoms with E-state index in [2.05, 4.69) is 15.3 Å². The zero-order valence-electron chi connectivity index (χ0n) is 13.6. The van der Waals surface area contributed by atoms with Gasteiger partial charge in [-0.2, -0.15) is 11.8 Å². The standard InChI is InChI=1S/C17H18N4O3S/c1-25-9-6-14(21-7-2-3-8-21)15(22)18-11-4-5-12-13(10-11)20-17(24)16(23)19-12/h2-5,7-8,10,14H,6,9H2,1H3,(H,18,22)(H,19,23)(H,20,24)/t14-/m1/s1. The van der Waals surface area contributed by atoms with Gasteiger partial charge >= 0.3 is 11.1 Å². The molecule has 3 N–H and O–H groups in total. The van der Waals surface area contributed by atoms with Gasteiger partial charge in [0.2, 0.25) is 5.91 Å². The smallest absolute Gasteiger partial charge is 0.314 e. The summed E-state index contributed by atoms with van der Waals surface area (Å²) in [5.74, 6) is 0.735. The normalized spacial score (nSPS) is 12.2. The van der Waals surface area contributed by atoms with E-state index in [1.165, 1.54) is 0 Å². The molecule has 1 atom stereocenters. The third-order valence-corrected chi connectivity index (χ3v) is 4.52. The number of carbonyl (C=O) groups excluding carboxylic acids is 1. The lowest BCUT2D eigenvalue weighted by molar-refractivity contribution is -0.119. The van der Waals surface area contributed by atoms with Crippen molar-refractivity contribution in [1.29, 1.82) is 0 Å². The van der Waals surface area contributed by atoms with Crippen molar-refractivity contribution >= 4 is 34.4 Å². The second kappa shape index (κ2) is 7.43. The molecule has 0 radical (unpaired) electrons. The number of nitrogens with one attached hydrogen (secondary N) is 3. The number of hydrogen-bond donors (Lipinski definition) is 3. The van der Waals surface area contributed by atoms with Gasteiger partial charge in [-0.05, 0) is 48.8 Å². The summed E-state index contributed by atoms with van der Waals surface area (Å²) in [6, 6.07) is 8.43. The van der Waals surface area contributed by atoms with E-state index in [9.17, 15) is 14.4 Å². The summed E-state index contributed by atoms with van der Waals surface area (Å²) in [6.07, 6.45) is 6.45. The van der Waals surface area contributed by atoms with E-state index in [1.807, 2.05) is 35.3 Å². The molecule has 0 spiro atoms. The quantitative estimate of drug-likeness (QED) is 0.586. The van der Waals surface area contributed by atoms with Crippen molar-refractivity contribution in [3.05, 3.63) is 63.4 Å². The predicted octanol–water partition coefficient (Wildman–Crippen LogP) is 1.95. The number of hydrogen-bond acceptors (Lipinski definition) is 4. The van der Waals surface area contributed by atoms with Gasteiger partial charge in [0.1, 0.15) is 6.04 Å². The number of thioether (sulfide) groups is 1. The second-order valence-corrected chi connectivity index (χ2v) is 6.57. The maximum atomic E-state index is 12.7. The van der Waals surface area contributed by atoms with Crippen LogP contribution in [0.2, 0.25) is 0 Å². The van der Waals surface area contributed by atoms with Crippen LogP contribution in [0.1, 0.15) is 12.5 Å². The summed E-state index contributed by atoms with van der Waals surface area (Å²) >= 11 is 1.69. The van der Waals surface area contributed by atoms with Crippen molar-refractivity contribution in [3.8, 4) is 0 Å². The van der Waals surface area contributed by atoms with Crippen molar-refractivity contribution < 1.29 is 4.79 Å². The highest BCUT2D eigenvalue weighted by Crippen LogP contribution is 2.19. The Hall–Kier alpha value is -2.74. The first-order chi connectivity index (χ1) is 12.1. The topological polar surface area (TPSA) is 99.8 Å². The molecule has 0 aliphatic heterocycles. The molecule has 0 saturated carbocycles. The lowest BCUT2D eigenvalue weighted by Gasteiger charge is -2.18. The molecule has 0 aliphatic rings. The van der Waals surface area contributed by atoms with Crippen LogP contribution in [0.5, 0.6) is 0 Å². The van der Waals surface area contributed by atoms with Crippen molar-refractivity contribution in [2.45, 2.75) is 12.5 Å². The van der Waals surface area contributed by atoms with Gasteiger partial charge < -0.3 is 19.9 Å². The van der Waals surface area contributed by atoms with Gasteiger partial charge in [-0.15, -0.1) is 0 Å². The number of fused-ring (bicyclic) bond motifs is 1. The molecular weight excluding hydrogens is 340 g/mol. The van der Waals surface area contributed by atoms with Gasteiger partial charge in [0, 0.05) is 18.1 Å². The predicted molar refractivity (Wildman–Crippen MR) is 100 cm³/mol. The number of rotatable bonds is 6. The van der Waals surface area contributed by atoms with E-state index in [-0.39, 0.29) is 11.9 Å². The lowest BCUT2D eigenvalue weighted by Crippen LogP contribution is -2.29. The Morgan fingerprint density at radius 1 is 1.16 bits per heavy atom. The fourth-order valence-electron chi connectivity index (χ4n) is 2.62. The van der Waals surface area contributed by atoms with E-state index in [1.54, 1.807) is 30.0 Å². The van der Waals surface area contributed by atoms with Crippen LogP contribution in [0.3, 0.4) is 0 Å². The lowest BCUT2D eigenvalue weighted by atomic mass is 10.2. The van der Waals surface area contributed by atoms with Gasteiger partial charge in [0.25, 0.3) is 0 Å². The molecule has 0 aliphatic carbocycles. The summed E-state index contributed by atoms with van der Waals surface area (Å²) in [7, 11) is 0. The molecule has 0 saturated heterocycles. The zero-order valence-corrected chi connectivity index (χ0v) is 14.4. The number of H-pyrrole nitrogens is 2. The number of nitrogens with zero attached hydrogens (tertiary/aromatic N) is 1. The molecule has 0 fully saturated rings. The molecule has 8 heteroatoms. The molecule has 130 valence electrons. The van der Waals surface area contributed by atoms with Gasteiger partial charge in [-0.1, -0.05) is 0 Å². The Morgan fingerprint density at radius 3 is 2.52 bits per heavy atom. The highest BCUT2D eigenvalue weighted by atomic mass is 32.2. The fourth-order valence-corrected chi connectivity index (χ4v) is 3.08. The summed E-state index contributed by atoms with van der Waals surface area (Å²) in [4.78, 5) is 40.5. The van der Waals surface area contributed by atoms with Crippen LogP contribution in [0.15, 0.2) is 52.3 Å². The van der Waals surface area contributed by atoms with E-state index in [0.29, 0.717) is 23.1 Å². The SMILES string of the molecule is CSCC[C@H](C(=O)Nc1ccc2[nH]c(=O)c(=O)[nH]c2c1)n1cccc1. The Labute approximate surface area is 147 Å². The third kappa shape index (κ3) is 3.85. The van der Waals surface area contributed by atoms with Crippen LogP contribution in [0, 0.1) is 0 Å². The first kappa shape index (κ1) is 17.1. The molecule has 0 bridgehead atoms. The van der Waals surface area contributed by atoms with E-state index in [0.717, 1.165) is 5.75 Å². The molecule has 2 aromatic heterocycles. The van der Waals surface area contributed by atoms with Crippen molar-refractivity contribution in [1.82, 2.24) is 14.5 Å². The minimum atomic E-state index is -0.721. The minimum Gasteiger partial charge on any atom is -0.342 e. The molecule has 3 aromatic rings. The molecule has 2 heterocycles. The minimum absolute atomic E-state index is 0.128.